The monoisotopic (exact) mass is 285 g/mol. The van der Waals surface area contributed by atoms with Crippen LogP contribution in [-0.2, 0) is 0 Å². The van der Waals surface area contributed by atoms with E-state index in [0.717, 1.165) is 5.69 Å². The van der Waals surface area contributed by atoms with Gasteiger partial charge in [0.1, 0.15) is 0 Å². The molecule has 0 saturated heterocycles. The van der Waals surface area contributed by atoms with Crippen molar-refractivity contribution in [1.29, 1.82) is 0 Å². The predicted octanol–water partition coefficient (Wildman–Crippen LogP) is 2.25. The van der Waals surface area contributed by atoms with Gasteiger partial charge < -0.3 is 20.2 Å². The Labute approximate surface area is 118 Å². The number of benzene rings is 1. The normalized spacial score (nSPS) is 10.2. The summed E-state index contributed by atoms with van der Waals surface area (Å²) >= 11 is 6.14. The lowest BCUT2D eigenvalue weighted by Gasteiger charge is -2.21. The van der Waals surface area contributed by atoms with Crippen LogP contribution in [0.25, 0.3) is 0 Å². The quantitative estimate of drug-likeness (QED) is 0.872. The number of rotatable bonds is 5. The molecule has 0 spiro atoms. The number of anilines is 2. The number of nitrogens with zero attached hydrogens (tertiary/aromatic N) is 2. The maximum atomic E-state index is 11.9. The highest BCUT2D eigenvalue weighted by Crippen LogP contribution is 2.27. The number of likely N-dealkylation sites (N-methyl/N-ethyl adjacent to an activating group) is 1. The first-order chi connectivity index (χ1) is 8.99. The Morgan fingerprint density at radius 1 is 1.42 bits per heavy atom. The van der Waals surface area contributed by atoms with Gasteiger partial charge >= 0.3 is 6.03 Å². The SMILES string of the molecule is CCN(CCO)C(=O)Nc1ccc(N(C)C)c(Cl)c1. The van der Waals surface area contributed by atoms with Crippen molar-refractivity contribution in [2.45, 2.75) is 6.92 Å². The topological polar surface area (TPSA) is 55.8 Å². The first kappa shape index (κ1) is 15.6. The summed E-state index contributed by atoms with van der Waals surface area (Å²) in [5, 5.41) is 12.2. The molecule has 19 heavy (non-hydrogen) atoms. The van der Waals surface area contributed by atoms with Crippen LogP contribution in [0.4, 0.5) is 16.2 Å². The van der Waals surface area contributed by atoms with Gasteiger partial charge in [-0.2, -0.15) is 0 Å². The molecule has 0 radical (unpaired) electrons. The summed E-state index contributed by atoms with van der Waals surface area (Å²) in [7, 11) is 3.80. The molecule has 0 aliphatic heterocycles. The number of carbonyl (C=O) groups is 1. The lowest BCUT2D eigenvalue weighted by molar-refractivity contribution is 0.192. The zero-order valence-corrected chi connectivity index (χ0v) is 12.2. The molecule has 1 rings (SSSR count). The van der Waals surface area contributed by atoms with Crippen LogP contribution in [0.15, 0.2) is 18.2 Å². The molecule has 0 aliphatic carbocycles. The van der Waals surface area contributed by atoms with Gasteiger partial charge in [-0.15, -0.1) is 0 Å². The van der Waals surface area contributed by atoms with E-state index in [1.165, 1.54) is 4.90 Å². The third-order valence-electron chi connectivity index (χ3n) is 2.72. The second-order valence-electron chi connectivity index (χ2n) is 4.29. The highest BCUT2D eigenvalue weighted by molar-refractivity contribution is 6.33. The average Bonchev–Trinajstić information content (AvgIpc) is 2.35. The fourth-order valence-electron chi connectivity index (χ4n) is 1.67. The Morgan fingerprint density at radius 3 is 2.58 bits per heavy atom. The van der Waals surface area contributed by atoms with Crippen molar-refractivity contribution in [3.63, 3.8) is 0 Å². The van der Waals surface area contributed by atoms with Crippen molar-refractivity contribution >= 4 is 29.0 Å². The van der Waals surface area contributed by atoms with Gasteiger partial charge in [-0.05, 0) is 25.1 Å². The maximum Gasteiger partial charge on any atom is 0.321 e. The molecular formula is C13H20ClN3O2. The number of aliphatic hydroxyl groups is 1. The summed E-state index contributed by atoms with van der Waals surface area (Å²) in [5.41, 5.74) is 1.53. The van der Waals surface area contributed by atoms with Crippen molar-refractivity contribution in [2.24, 2.45) is 0 Å². The third-order valence-corrected chi connectivity index (χ3v) is 3.02. The first-order valence-electron chi connectivity index (χ1n) is 6.13. The van der Waals surface area contributed by atoms with E-state index in [-0.39, 0.29) is 12.6 Å². The molecule has 106 valence electrons. The van der Waals surface area contributed by atoms with E-state index in [0.29, 0.717) is 23.8 Å². The summed E-state index contributed by atoms with van der Waals surface area (Å²) in [5.74, 6) is 0. The highest BCUT2D eigenvalue weighted by atomic mass is 35.5. The van der Waals surface area contributed by atoms with Gasteiger partial charge in [-0.3, -0.25) is 0 Å². The number of hydrogen-bond acceptors (Lipinski definition) is 3. The Bertz CT molecular complexity index is 438. The van der Waals surface area contributed by atoms with Gasteiger partial charge in [-0.1, -0.05) is 11.6 Å². The Morgan fingerprint density at radius 2 is 2.11 bits per heavy atom. The van der Waals surface area contributed by atoms with Crippen molar-refractivity contribution in [2.75, 3.05) is 44.0 Å². The molecule has 0 saturated carbocycles. The Kier molecular flexibility index (Phi) is 5.92. The van der Waals surface area contributed by atoms with E-state index in [9.17, 15) is 4.79 Å². The van der Waals surface area contributed by atoms with E-state index < -0.39 is 0 Å². The van der Waals surface area contributed by atoms with E-state index in [2.05, 4.69) is 5.32 Å². The maximum absolute atomic E-state index is 11.9. The summed E-state index contributed by atoms with van der Waals surface area (Å²) in [4.78, 5) is 15.3. The molecule has 0 atom stereocenters. The molecule has 0 fully saturated rings. The van der Waals surface area contributed by atoms with Crippen LogP contribution in [0.2, 0.25) is 5.02 Å². The lowest BCUT2D eigenvalue weighted by Crippen LogP contribution is -2.36. The molecule has 1 aromatic carbocycles. The number of amides is 2. The molecule has 0 aromatic heterocycles. The Hall–Kier alpha value is -1.46. The second kappa shape index (κ2) is 7.21. The number of carbonyl (C=O) groups excluding carboxylic acids is 1. The van der Waals surface area contributed by atoms with Gasteiger partial charge in [0.15, 0.2) is 0 Å². The molecule has 0 bridgehead atoms. The van der Waals surface area contributed by atoms with E-state index in [1.807, 2.05) is 32.0 Å². The van der Waals surface area contributed by atoms with Crippen LogP contribution >= 0.6 is 11.6 Å². The predicted molar refractivity (Wildman–Crippen MR) is 79.1 cm³/mol. The zero-order chi connectivity index (χ0) is 14.4. The average molecular weight is 286 g/mol. The molecule has 0 aliphatic rings. The van der Waals surface area contributed by atoms with Gasteiger partial charge in [0, 0.05) is 32.9 Å². The smallest absolute Gasteiger partial charge is 0.321 e. The zero-order valence-electron chi connectivity index (χ0n) is 11.5. The lowest BCUT2D eigenvalue weighted by atomic mass is 10.2. The molecule has 6 heteroatoms. The second-order valence-corrected chi connectivity index (χ2v) is 4.70. The van der Waals surface area contributed by atoms with Crippen molar-refractivity contribution < 1.29 is 9.90 Å². The number of halogens is 1. The molecule has 2 amide bonds. The summed E-state index contributed by atoms with van der Waals surface area (Å²) in [6, 6.07) is 5.11. The van der Waals surface area contributed by atoms with Crippen molar-refractivity contribution in [3.05, 3.63) is 23.2 Å². The third kappa shape index (κ3) is 4.29. The Balaban J connectivity index is 2.77. The minimum Gasteiger partial charge on any atom is -0.395 e. The van der Waals surface area contributed by atoms with Gasteiger partial charge in [-0.25, -0.2) is 4.79 Å². The molecule has 5 nitrogen and oxygen atoms in total. The molecular weight excluding hydrogens is 266 g/mol. The largest absolute Gasteiger partial charge is 0.395 e. The van der Waals surface area contributed by atoms with E-state index in [1.54, 1.807) is 12.1 Å². The van der Waals surface area contributed by atoms with E-state index >= 15 is 0 Å². The molecule has 0 unspecified atom stereocenters. The van der Waals surface area contributed by atoms with Crippen LogP contribution in [-0.4, -0.2) is 49.8 Å². The molecule has 0 heterocycles. The van der Waals surface area contributed by atoms with Gasteiger partial charge in [0.2, 0.25) is 0 Å². The summed E-state index contributed by atoms with van der Waals surface area (Å²) < 4.78 is 0. The van der Waals surface area contributed by atoms with Crippen molar-refractivity contribution in [3.8, 4) is 0 Å². The van der Waals surface area contributed by atoms with Crippen LogP contribution in [0.3, 0.4) is 0 Å². The number of hydrogen-bond donors (Lipinski definition) is 2. The van der Waals surface area contributed by atoms with Crippen LogP contribution < -0.4 is 10.2 Å². The summed E-state index contributed by atoms with van der Waals surface area (Å²) in [6.45, 7) is 2.65. The van der Waals surface area contributed by atoms with Gasteiger partial charge in [0.25, 0.3) is 0 Å². The van der Waals surface area contributed by atoms with E-state index in [4.69, 9.17) is 16.7 Å². The fraction of sp³-hybridized carbons (Fsp3) is 0.462. The van der Waals surface area contributed by atoms with Gasteiger partial charge in [0.05, 0.1) is 17.3 Å². The number of aliphatic hydroxyl groups excluding tert-OH is 1. The van der Waals surface area contributed by atoms with Crippen LogP contribution in [0.1, 0.15) is 6.92 Å². The first-order valence-corrected chi connectivity index (χ1v) is 6.51. The highest BCUT2D eigenvalue weighted by Gasteiger charge is 2.12. The van der Waals surface area contributed by atoms with Crippen LogP contribution in [0, 0.1) is 0 Å². The minimum atomic E-state index is -0.245. The van der Waals surface area contributed by atoms with Crippen LogP contribution in [0.5, 0.6) is 0 Å². The van der Waals surface area contributed by atoms with Crippen molar-refractivity contribution in [1.82, 2.24) is 4.90 Å². The standard InChI is InChI=1S/C13H20ClN3O2/c1-4-17(7-8-18)13(19)15-10-5-6-12(16(2)3)11(14)9-10/h5-6,9,18H,4,7-8H2,1-3H3,(H,15,19). The minimum absolute atomic E-state index is 0.0540. The molecule has 2 N–H and O–H groups in total. The fourth-order valence-corrected chi connectivity index (χ4v) is 2.02. The number of nitrogens with one attached hydrogen (secondary N) is 1. The number of urea groups is 1. The summed E-state index contributed by atoms with van der Waals surface area (Å²) in [6.07, 6.45) is 0. The molecule has 1 aromatic rings.